The van der Waals surface area contributed by atoms with Crippen molar-refractivity contribution >= 4 is 40.1 Å². The Morgan fingerprint density at radius 3 is 3.04 bits per heavy atom. The molecule has 1 aromatic carbocycles. The fourth-order valence-corrected chi connectivity index (χ4v) is 4.72. The molecule has 6 nitrogen and oxygen atoms in total. The predicted octanol–water partition coefficient (Wildman–Crippen LogP) is 3.66. The van der Waals surface area contributed by atoms with E-state index < -0.39 is 5.54 Å². The highest BCUT2D eigenvalue weighted by molar-refractivity contribution is 8.13. The number of aromatic nitrogens is 1. The third-order valence-electron chi connectivity index (χ3n) is 5.04. The molecule has 3 N–H and O–H groups in total. The van der Waals surface area contributed by atoms with Gasteiger partial charge in [0.2, 0.25) is 0 Å². The van der Waals surface area contributed by atoms with Gasteiger partial charge < -0.3 is 15.8 Å². The van der Waals surface area contributed by atoms with Crippen LogP contribution in [0.1, 0.15) is 29.4 Å². The smallest absolute Gasteiger partial charge is 0.274 e. The maximum Gasteiger partial charge on any atom is 0.274 e. The van der Waals surface area contributed by atoms with Crippen molar-refractivity contribution in [2.45, 2.75) is 18.9 Å². The second kappa shape index (κ2) is 7.05. The number of aliphatic imine (C=N–C) groups is 1. The Bertz CT molecular complexity index is 918. The summed E-state index contributed by atoms with van der Waals surface area (Å²) in [5, 5.41) is 3.96. The van der Waals surface area contributed by atoms with Gasteiger partial charge in [-0.3, -0.25) is 9.79 Å². The zero-order valence-corrected chi connectivity index (χ0v) is 16.3. The van der Waals surface area contributed by atoms with Crippen LogP contribution in [0.15, 0.2) is 41.5 Å². The largest absolute Gasteiger partial charge is 0.493 e. The topological polar surface area (TPSA) is 89.6 Å². The van der Waals surface area contributed by atoms with Crippen molar-refractivity contribution in [1.29, 1.82) is 0 Å². The number of nitrogens with two attached hydrogens (primary N) is 1. The van der Waals surface area contributed by atoms with Crippen molar-refractivity contribution in [2.24, 2.45) is 16.6 Å². The number of fused-ring (bicyclic) bond motifs is 3. The minimum Gasteiger partial charge on any atom is -0.493 e. The highest BCUT2D eigenvalue weighted by Gasteiger charge is 2.42. The Kier molecular flexibility index (Phi) is 4.74. The maximum atomic E-state index is 12.5. The monoisotopic (exact) mass is 402 g/mol. The Balaban J connectivity index is 1.68. The van der Waals surface area contributed by atoms with Gasteiger partial charge in [-0.05, 0) is 43.7 Å². The number of ether oxygens (including phenoxy) is 1. The van der Waals surface area contributed by atoms with E-state index in [2.05, 4.69) is 17.2 Å². The molecule has 0 aliphatic carbocycles. The van der Waals surface area contributed by atoms with Crippen molar-refractivity contribution in [3.63, 3.8) is 0 Å². The molecule has 27 heavy (non-hydrogen) atoms. The number of amides is 1. The third-order valence-corrected chi connectivity index (χ3v) is 6.22. The summed E-state index contributed by atoms with van der Waals surface area (Å²) < 4.78 is 5.94. The van der Waals surface area contributed by atoms with E-state index in [1.807, 2.05) is 18.2 Å². The zero-order chi connectivity index (χ0) is 19.0. The van der Waals surface area contributed by atoms with Crippen molar-refractivity contribution in [3.8, 4) is 5.75 Å². The molecule has 1 aromatic heterocycles. The third kappa shape index (κ3) is 3.49. The van der Waals surface area contributed by atoms with Crippen LogP contribution in [0.4, 0.5) is 5.69 Å². The van der Waals surface area contributed by atoms with E-state index in [9.17, 15) is 4.79 Å². The van der Waals surface area contributed by atoms with E-state index in [1.54, 1.807) is 23.9 Å². The molecule has 0 saturated carbocycles. The summed E-state index contributed by atoms with van der Waals surface area (Å²) in [7, 11) is 0. The standard InChI is InChI=1S/C19H19ClN4O2S/c1-19-11(10-27-18(21)24-19)6-7-26-16-5-3-13(8-14(16)19)23-17(25)15-4-2-12(20)9-22-15/h2-5,8-9,11H,6-7,10H2,1H3,(H2,21,24)(H,23,25). The van der Waals surface area contributed by atoms with Gasteiger partial charge in [0.1, 0.15) is 11.4 Å². The second-order valence-electron chi connectivity index (χ2n) is 6.77. The van der Waals surface area contributed by atoms with Crippen molar-refractivity contribution in [1.82, 2.24) is 4.98 Å². The normalized spacial score (nSPS) is 23.9. The Morgan fingerprint density at radius 2 is 2.26 bits per heavy atom. The molecule has 0 saturated heterocycles. The van der Waals surface area contributed by atoms with Gasteiger partial charge in [0.05, 0.1) is 17.2 Å². The number of carbonyl (C=O) groups is 1. The van der Waals surface area contributed by atoms with Gasteiger partial charge in [-0.1, -0.05) is 23.4 Å². The van der Waals surface area contributed by atoms with Gasteiger partial charge in [-0.25, -0.2) is 4.98 Å². The molecule has 140 valence electrons. The fourth-order valence-electron chi connectivity index (χ4n) is 3.49. The van der Waals surface area contributed by atoms with Gasteiger partial charge >= 0.3 is 0 Å². The number of nitrogens with one attached hydrogen (secondary N) is 1. The molecule has 3 heterocycles. The lowest BCUT2D eigenvalue weighted by Gasteiger charge is -2.36. The number of halogens is 1. The number of benzene rings is 1. The van der Waals surface area contributed by atoms with Crippen LogP contribution in [0.3, 0.4) is 0 Å². The van der Waals surface area contributed by atoms with Crippen LogP contribution in [0, 0.1) is 5.92 Å². The van der Waals surface area contributed by atoms with Crippen molar-refractivity contribution in [3.05, 3.63) is 52.8 Å². The molecular weight excluding hydrogens is 384 g/mol. The predicted molar refractivity (Wildman–Crippen MR) is 109 cm³/mol. The number of hydrogen-bond acceptors (Lipinski definition) is 6. The first-order chi connectivity index (χ1) is 13.0. The van der Waals surface area contributed by atoms with E-state index in [0.717, 1.165) is 23.5 Å². The molecule has 0 fully saturated rings. The van der Waals surface area contributed by atoms with Crippen LogP contribution in [0.5, 0.6) is 5.75 Å². The Morgan fingerprint density at radius 1 is 1.41 bits per heavy atom. The first-order valence-electron chi connectivity index (χ1n) is 8.64. The molecule has 2 aliphatic heterocycles. The molecule has 0 bridgehead atoms. The van der Waals surface area contributed by atoms with Gasteiger partial charge in [0.25, 0.3) is 5.91 Å². The molecule has 8 heteroatoms. The molecule has 2 aromatic rings. The van der Waals surface area contributed by atoms with Gasteiger partial charge in [0, 0.05) is 29.1 Å². The number of amidine groups is 1. The lowest BCUT2D eigenvalue weighted by atomic mass is 9.79. The number of nitrogens with zero attached hydrogens (tertiary/aromatic N) is 2. The van der Waals surface area contributed by atoms with Crippen molar-refractivity contribution < 1.29 is 9.53 Å². The van der Waals surface area contributed by atoms with E-state index in [-0.39, 0.29) is 5.91 Å². The van der Waals surface area contributed by atoms with Crippen LogP contribution in [-0.2, 0) is 5.54 Å². The van der Waals surface area contributed by atoms with Crippen molar-refractivity contribution in [2.75, 3.05) is 17.7 Å². The minimum atomic E-state index is -0.472. The molecule has 2 aliphatic rings. The SMILES string of the molecule is CC12N=C(N)SCC1CCOc1ccc(NC(=O)c3ccc(Cl)cn3)cc12. The maximum absolute atomic E-state index is 12.5. The molecule has 0 radical (unpaired) electrons. The van der Waals surface area contributed by atoms with Gasteiger partial charge in [-0.15, -0.1) is 0 Å². The summed E-state index contributed by atoms with van der Waals surface area (Å²) in [5.41, 5.74) is 7.45. The number of carbonyl (C=O) groups excluding carboxylic acids is 1. The summed E-state index contributed by atoms with van der Waals surface area (Å²) in [5.74, 6) is 1.70. The Hall–Kier alpha value is -2.25. The average molecular weight is 403 g/mol. The quantitative estimate of drug-likeness (QED) is 0.800. The second-order valence-corrected chi connectivity index (χ2v) is 8.25. The summed E-state index contributed by atoms with van der Waals surface area (Å²) in [6, 6.07) is 8.85. The van der Waals surface area contributed by atoms with Crippen LogP contribution < -0.4 is 15.8 Å². The van der Waals surface area contributed by atoms with Crippen LogP contribution in [-0.4, -0.2) is 28.4 Å². The van der Waals surface area contributed by atoms with E-state index >= 15 is 0 Å². The van der Waals surface area contributed by atoms with Crippen LogP contribution >= 0.6 is 23.4 Å². The first-order valence-corrected chi connectivity index (χ1v) is 10.0. The van der Waals surface area contributed by atoms with E-state index in [1.165, 1.54) is 6.20 Å². The minimum absolute atomic E-state index is 0.297. The van der Waals surface area contributed by atoms with Crippen LogP contribution in [0.2, 0.25) is 5.02 Å². The number of anilines is 1. The molecule has 4 rings (SSSR count). The van der Waals surface area contributed by atoms with Gasteiger partial charge in [0.15, 0.2) is 5.17 Å². The molecule has 1 amide bonds. The van der Waals surface area contributed by atoms with Crippen LogP contribution in [0.25, 0.3) is 0 Å². The number of thioether (sulfide) groups is 1. The fraction of sp³-hybridized carbons (Fsp3) is 0.316. The van der Waals surface area contributed by atoms with E-state index in [4.69, 9.17) is 27.1 Å². The van der Waals surface area contributed by atoms with E-state index in [0.29, 0.717) is 34.1 Å². The summed E-state index contributed by atoms with van der Waals surface area (Å²) >= 11 is 7.41. The number of pyridine rings is 1. The number of rotatable bonds is 2. The molecule has 2 atom stereocenters. The summed E-state index contributed by atoms with van der Waals surface area (Å²) in [6.07, 6.45) is 2.36. The highest BCUT2D eigenvalue weighted by atomic mass is 35.5. The average Bonchev–Trinajstić information content (AvgIpc) is 2.78. The first kappa shape index (κ1) is 18.1. The number of hydrogen-bond donors (Lipinski definition) is 2. The lowest BCUT2D eigenvalue weighted by molar-refractivity contribution is 0.102. The molecule has 2 unspecified atom stereocenters. The molecule has 0 spiro atoms. The lowest BCUT2D eigenvalue weighted by Crippen LogP contribution is -2.37. The van der Waals surface area contributed by atoms with Gasteiger partial charge in [-0.2, -0.15) is 0 Å². The molecular formula is C19H19ClN4O2S. The zero-order valence-electron chi connectivity index (χ0n) is 14.7. The Labute approximate surface area is 166 Å². The summed E-state index contributed by atoms with van der Waals surface area (Å²) in [4.78, 5) is 21.3. The highest BCUT2D eigenvalue weighted by Crippen LogP contribution is 2.47. The summed E-state index contributed by atoms with van der Waals surface area (Å²) in [6.45, 7) is 2.73.